The predicted octanol–water partition coefficient (Wildman–Crippen LogP) is 8.77. The van der Waals surface area contributed by atoms with Gasteiger partial charge in [0.1, 0.15) is 18.2 Å². The second kappa shape index (κ2) is 15.3. The van der Waals surface area contributed by atoms with Crippen molar-refractivity contribution in [3.63, 3.8) is 0 Å². The van der Waals surface area contributed by atoms with E-state index in [1.807, 2.05) is 0 Å². The summed E-state index contributed by atoms with van der Waals surface area (Å²) < 4.78 is 37.5. The second-order valence-corrected chi connectivity index (χ2v) is 12.5. The van der Waals surface area contributed by atoms with Crippen LogP contribution in [0.5, 0.6) is 11.5 Å². The number of aromatic hydroxyl groups is 1. The second-order valence-electron chi connectivity index (χ2n) is 12.5. The van der Waals surface area contributed by atoms with Crippen molar-refractivity contribution in [1.29, 1.82) is 0 Å². The number of ether oxygens (including phenoxy) is 2. The fraction of sp³-hybridized carbons (Fsp3) is 0.788. The van der Waals surface area contributed by atoms with Crippen LogP contribution in [0.15, 0.2) is 12.1 Å². The Balaban J connectivity index is 1.12. The van der Waals surface area contributed by atoms with Gasteiger partial charge in [0, 0.05) is 6.42 Å². The fourth-order valence-electron chi connectivity index (χ4n) is 7.57. The van der Waals surface area contributed by atoms with Crippen LogP contribution in [0.25, 0.3) is 0 Å². The molecule has 4 nitrogen and oxygen atoms in total. The van der Waals surface area contributed by atoms with Gasteiger partial charge in [0.15, 0.2) is 5.78 Å². The minimum Gasteiger partial charge on any atom is -0.507 e. The smallest absolute Gasteiger partial charge is 0.166 e. The number of carbonyl (C=O) groups is 1. The minimum atomic E-state index is -0.873. The number of phenolic OH excluding ortho intramolecular Hbond substituents is 1. The van der Waals surface area contributed by atoms with E-state index in [0.717, 1.165) is 55.8 Å². The van der Waals surface area contributed by atoms with Crippen molar-refractivity contribution in [2.24, 2.45) is 29.6 Å². The molecule has 1 saturated heterocycles. The van der Waals surface area contributed by atoms with Gasteiger partial charge >= 0.3 is 0 Å². The number of phenols is 1. The van der Waals surface area contributed by atoms with Crippen LogP contribution in [0, 0.1) is 29.6 Å². The quantitative estimate of drug-likeness (QED) is 0.250. The molecule has 1 aromatic rings. The first-order valence-electron chi connectivity index (χ1n) is 15.8. The van der Waals surface area contributed by atoms with Crippen LogP contribution in [0.1, 0.15) is 119 Å². The third-order valence-corrected chi connectivity index (χ3v) is 10.0. The Morgan fingerprint density at radius 1 is 0.897 bits per heavy atom. The number of alkyl halides is 2. The highest BCUT2D eigenvalue weighted by molar-refractivity contribution is 5.99. The average molecular weight is 549 g/mol. The molecule has 2 aliphatic carbocycles. The molecule has 2 atom stereocenters. The van der Waals surface area contributed by atoms with Crippen molar-refractivity contribution in [3.05, 3.63) is 23.3 Å². The Kier molecular flexibility index (Phi) is 11.9. The molecular formula is C33H50F2O4. The van der Waals surface area contributed by atoms with Crippen molar-refractivity contribution >= 4 is 5.78 Å². The molecule has 2 unspecified atom stereocenters. The van der Waals surface area contributed by atoms with Crippen LogP contribution >= 0.6 is 0 Å². The summed E-state index contributed by atoms with van der Waals surface area (Å²) >= 11 is 0. The highest BCUT2D eigenvalue weighted by Gasteiger charge is 2.32. The van der Waals surface area contributed by atoms with Crippen LogP contribution in [0.4, 0.5) is 8.78 Å². The molecule has 0 aromatic heterocycles. The van der Waals surface area contributed by atoms with E-state index in [4.69, 9.17) is 9.47 Å². The Morgan fingerprint density at radius 2 is 1.54 bits per heavy atom. The Labute approximate surface area is 234 Å². The lowest BCUT2D eigenvalue weighted by molar-refractivity contribution is -0.0242. The van der Waals surface area contributed by atoms with Gasteiger partial charge in [-0.15, -0.1) is 0 Å². The summed E-state index contributed by atoms with van der Waals surface area (Å²) in [6, 6.07) is 3.12. The maximum atomic E-state index is 13.5. The van der Waals surface area contributed by atoms with Crippen LogP contribution in [0.2, 0.25) is 0 Å². The SMILES string of the molecule is CCOc1ccc(C(=O)CC2CCC(CCC3CCC(C4CCC(CCCF)CC4)CC3)OC2)c(O)c1CF. The van der Waals surface area contributed by atoms with Crippen LogP contribution in [-0.4, -0.2) is 36.9 Å². The molecule has 3 aliphatic rings. The van der Waals surface area contributed by atoms with E-state index in [9.17, 15) is 18.7 Å². The first-order valence-corrected chi connectivity index (χ1v) is 15.8. The molecule has 6 heteroatoms. The maximum absolute atomic E-state index is 13.5. The van der Waals surface area contributed by atoms with Gasteiger partial charge in [-0.25, -0.2) is 4.39 Å². The molecule has 1 N–H and O–H groups in total. The van der Waals surface area contributed by atoms with Gasteiger partial charge in [0.2, 0.25) is 0 Å². The van der Waals surface area contributed by atoms with Crippen molar-refractivity contribution in [1.82, 2.24) is 0 Å². The molecule has 0 bridgehead atoms. The number of hydrogen-bond acceptors (Lipinski definition) is 4. The molecule has 0 radical (unpaired) electrons. The molecule has 1 aromatic carbocycles. The predicted molar refractivity (Wildman–Crippen MR) is 151 cm³/mol. The molecule has 2 saturated carbocycles. The standard InChI is InChI=1S/C33H50F2O4/c1-2-38-32-18-17-29(33(37)30(32)21-35)31(36)20-25-10-16-28(39-22-25)15-9-24-7-13-27(14-8-24)26-11-5-23(6-12-26)4-3-19-34/h17-18,23-28,37H,2-16,19-22H2,1H3. The molecule has 39 heavy (non-hydrogen) atoms. The summed E-state index contributed by atoms with van der Waals surface area (Å²) in [5, 5.41) is 10.5. The third kappa shape index (κ3) is 8.41. The zero-order chi connectivity index (χ0) is 27.6. The van der Waals surface area contributed by atoms with Crippen molar-refractivity contribution < 1.29 is 28.2 Å². The van der Waals surface area contributed by atoms with Gasteiger partial charge in [0.05, 0.1) is 37.1 Å². The molecular weight excluding hydrogens is 498 g/mol. The van der Waals surface area contributed by atoms with Crippen LogP contribution in [0.3, 0.4) is 0 Å². The van der Waals surface area contributed by atoms with Gasteiger partial charge < -0.3 is 14.6 Å². The summed E-state index contributed by atoms with van der Waals surface area (Å²) in [7, 11) is 0. The maximum Gasteiger partial charge on any atom is 0.166 e. The molecule has 220 valence electrons. The topological polar surface area (TPSA) is 55.8 Å². The van der Waals surface area contributed by atoms with E-state index < -0.39 is 6.67 Å². The third-order valence-electron chi connectivity index (χ3n) is 10.0. The van der Waals surface area contributed by atoms with E-state index in [1.54, 1.807) is 19.1 Å². The number of hydrogen-bond donors (Lipinski definition) is 1. The molecule has 3 fully saturated rings. The van der Waals surface area contributed by atoms with Crippen molar-refractivity contribution in [2.45, 2.75) is 116 Å². The number of carbonyl (C=O) groups excluding carboxylic acids is 1. The molecule has 1 heterocycles. The number of halogens is 2. The van der Waals surface area contributed by atoms with Gasteiger partial charge in [0.25, 0.3) is 0 Å². The summed E-state index contributed by atoms with van der Waals surface area (Å²) in [5.74, 6) is 3.37. The highest BCUT2D eigenvalue weighted by Crippen LogP contribution is 2.43. The van der Waals surface area contributed by atoms with E-state index in [2.05, 4.69) is 0 Å². The van der Waals surface area contributed by atoms with Gasteiger partial charge in [-0.3, -0.25) is 9.18 Å². The first-order chi connectivity index (χ1) is 19.0. The van der Waals surface area contributed by atoms with Gasteiger partial charge in [-0.1, -0.05) is 25.7 Å². The first kappa shape index (κ1) is 30.3. The number of rotatable bonds is 13. The molecule has 1 aliphatic heterocycles. The zero-order valence-corrected chi connectivity index (χ0v) is 24.0. The summed E-state index contributed by atoms with van der Waals surface area (Å²) in [5.41, 5.74) is 0.225. The van der Waals surface area contributed by atoms with Crippen molar-refractivity contribution in [3.8, 4) is 11.5 Å². The normalized spacial score (nSPS) is 29.7. The number of ketones is 1. The lowest BCUT2D eigenvalue weighted by Gasteiger charge is -2.38. The minimum absolute atomic E-state index is 0.0502. The van der Waals surface area contributed by atoms with E-state index in [1.165, 1.54) is 57.8 Å². The van der Waals surface area contributed by atoms with Crippen LogP contribution in [-0.2, 0) is 11.4 Å². The largest absolute Gasteiger partial charge is 0.507 e. The summed E-state index contributed by atoms with van der Waals surface area (Å²) in [4.78, 5) is 12.9. The monoisotopic (exact) mass is 548 g/mol. The highest BCUT2D eigenvalue weighted by atomic mass is 19.1. The van der Waals surface area contributed by atoms with Gasteiger partial charge in [-0.05, 0) is 113 Å². The Bertz CT molecular complexity index is 882. The van der Waals surface area contributed by atoms with E-state index >= 15 is 0 Å². The zero-order valence-electron chi connectivity index (χ0n) is 24.0. The number of Topliss-reactive ketones (excluding diaryl/α,β-unsaturated/α-hetero) is 1. The Hall–Kier alpha value is -1.69. The summed E-state index contributed by atoms with van der Waals surface area (Å²) in [6.07, 6.45) is 17.5. The lowest BCUT2D eigenvalue weighted by atomic mass is 9.68. The van der Waals surface area contributed by atoms with Crippen molar-refractivity contribution in [2.75, 3.05) is 19.9 Å². The Morgan fingerprint density at radius 3 is 2.10 bits per heavy atom. The number of benzene rings is 1. The summed E-state index contributed by atoms with van der Waals surface area (Å²) in [6.45, 7) is 1.71. The van der Waals surface area contributed by atoms with E-state index in [-0.39, 0.29) is 41.4 Å². The molecule has 0 amide bonds. The fourth-order valence-corrected chi connectivity index (χ4v) is 7.57. The molecule has 0 spiro atoms. The van der Waals surface area contributed by atoms with Gasteiger partial charge in [-0.2, -0.15) is 0 Å². The average Bonchev–Trinajstić information content (AvgIpc) is 2.96. The molecule has 4 rings (SSSR count). The van der Waals surface area contributed by atoms with E-state index in [0.29, 0.717) is 25.4 Å². The van der Waals surface area contributed by atoms with Crippen LogP contribution < -0.4 is 4.74 Å². The lowest BCUT2D eigenvalue weighted by Crippen LogP contribution is -2.29.